The molecule has 0 heterocycles. The van der Waals surface area contributed by atoms with Crippen LogP contribution in [0.1, 0.15) is 67.2 Å². The van der Waals surface area contributed by atoms with Gasteiger partial charge >= 0.3 is 6.03 Å². The third kappa shape index (κ3) is 4.81. The van der Waals surface area contributed by atoms with Gasteiger partial charge in [-0.3, -0.25) is 0 Å². The Hall–Kier alpha value is -1.12. The van der Waals surface area contributed by atoms with Crippen molar-refractivity contribution in [1.82, 2.24) is 5.32 Å². The number of carbonyl (C=O) groups excluding carboxylic acids is 1. The van der Waals surface area contributed by atoms with Crippen LogP contribution in [0.2, 0.25) is 0 Å². The van der Waals surface area contributed by atoms with E-state index in [9.17, 15) is 4.79 Å². The first-order valence-electron chi connectivity index (χ1n) is 7.31. The summed E-state index contributed by atoms with van der Waals surface area (Å²) in [6.45, 7) is 16.4. The number of urea groups is 1. The van der Waals surface area contributed by atoms with E-state index in [1.165, 1.54) is 0 Å². The highest BCUT2D eigenvalue weighted by molar-refractivity contribution is 5.80. The fraction of sp³-hybridized carbons (Fsp3) is 0.750. The summed E-state index contributed by atoms with van der Waals surface area (Å²) in [5.41, 5.74) is 1.07. The first kappa shape index (κ1) is 17.9. The van der Waals surface area contributed by atoms with E-state index in [4.69, 9.17) is 0 Å². The second-order valence-corrected chi connectivity index (χ2v) is 5.78. The zero-order chi connectivity index (χ0) is 15.1. The van der Waals surface area contributed by atoms with Crippen molar-refractivity contribution >= 4 is 12.7 Å². The Morgan fingerprint density at radius 1 is 1.11 bits per heavy atom. The van der Waals surface area contributed by atoms with Crippen molar-refractivity contribution in [2.75, 3.05) is 0 Å². The van der Waals surface area contributed by atoms with Crippen LogP contribution < -0.4 is 5.32 Å². The maximum Gasteiger partial charge on any atom is 0.344 e. The molecule has 0 aromatic carbocycles. The summed E-state index contributed by atoms with van der Waals surface area (Å²) in [7, 11) is 0. The van der Waals surface area contributed by atoms with Crippen molar-refractivity contribution in [1.29, 1.82) is 0 Å². The lowest BCUT2D eigenvalue weighted by Gasteiger charge is -2.34. The van der Waals surface area contributed by atoms with Gasteiger partial charge in [0, 0.05) is 11.1 Å². The lowest BCUT2D eigenvalue weighted by Crippen LogP contribution is -2.33. The van der Waals surface area contributed by atoms with E-state index in [2.05, 4.69) is 64.6 Å². The maximum absolute atomic E-state index is 11.6. The molecule has 0 aromatic rings. The number of amides is 2. The Balaban J connectivity index is 5.56. The highest BCUT2D eigenvalue weighted by Crippen LogP contribution is 2.37. The first-order chi connectivity index (χ1) is 8.80. The smallest absolute Gasteiger partial charge is 0.310 e. The van der Waals surface area contributed by atoms with Gasteiger partial charge in [0.1, 0.15) is 0 Å². The van der Waals surface area contributed by atoms with Gasteiger partial charge in [0.25, 0.3) is 0 Å². The number of allylic oxidation sites excluding steroid dienone is 2. The molecule has 0 aliphatic carbocycles. The van der Waals surface area contributed by atoms with Gasteiger partial charge in [0.2, 0.25) is 0 Å². The highest BCUT2D eigenvalue weighted by atomic mass is 16.2. The van der Waals surface area contributed by atoms with E-state index in [-0.39, 0.29) is 16.9 Å². The number of rotatable bonds is 7. The van der Waals surface area contributed by atoms with Gasteiger partial charge in [-0.2, -0.15) is 0 Å². The predicted molar refractivity (Wildman–Crippen MR) is 83.5 cm³/mol. The summed E-state index contributed by atoms with van der Waals surface area (Å²) < 4.78 is 0. The van der Waals surface area contributed by atoms with Crippen LogP contribution in [0.5, 0.6) is 0 Å². The largest absolute Gasteiger partial charge is 0.344 e. The van der Waals surface area contributed by atoms with Gasteiger partial charge in [-0.15, -0.1) is 0 Å². The van der Waals surface area contributed by atoms with Gasteiger partial charge < -0.3 is 5.32 Å². The van der Waals surface area contributed by atoms with Gasteiger partial charge in [-0.25, -0.2) is 9.79 Å². The Morgan fingerprint density at radius 3 is 1.89 bits per heavy atom. The van der Waals surface area contributed by atoms with Crippen LogP contribution in [0.4, 0.5) is 4.79 Å². The van der Waals surface area contributed by atoms with Crippen molar-refractivity contribution in [3.8, 4) is 0 Å². The van der Waals surface area contributed by atoms with Crippen LogP contribution in [-0.2, 0) is 0 Å². The second-order valence-electron chi connectivity index (χ2n) is 5.78. The molecule has 0 bridgehead atoms. The monoisotopic (exact) mass is 266 g/mol. The van der Waals surface area contributed by atoms with E-state index in [0.717, 1.165) is 31.4 Å². The van der Waals surface area contributed by atoms with Gasteiger partial charge in [0.15, 0.2) is 0 Å². The van der Waals surface area contributed by atoms with Crippen molar-refractivity contribution in [3.05, 3.63) is 11.8 Å². The minimum atomic E-state index is -0.367. The number of aliphatic imine (C=N–C) groups is 1. The van der Waals surface area contributed by atoms with E-state index >= 15 is 0 Å². The predicted octanol–water partition coefficient (Wildman–Crippen LogP) is 4.93. The van der Waals surface area contributed by atoms with Crippen molar-refractivity contribution in [3.63, 3.8) is 0 Å². The molecule has 0 saturated carbocycles. The molecule has 3 nitrogen and oxygen atoms in total. The fourth-order valence-corrected chi connectivity index (χ4v) is 1.95. The van der Waals surface area contributed by atoms with Crippen molar-refractivity contribution < 1.29 is 4.79 Å². The molecule has 3 heteroatoms. The Kier molecular flexibility index (Phi) is 7.02. The molecule has 2 amide bonds. The number of nitrogens with one attached hydrogen (secondary N) is 1. The number of hydrogen-bond donors (Lipinski definition) is 1. The average molecular weight is 266 g/mol. The Bertz CT molecular complexity index is 337. The van der Waals surface area contributed by atoms with Crippen molar-refractivity contribution in [2.24, 2.45) is 15.8 Å². The summed E-state index contributed by atoms with van der Waals surface area (Å²) in [6.07, 6.45) is 6.29. The van der Waals surface area contributed by atoms with Crippen LogP contribution in [-0.4, -0.2) is 12.7 Å². The molecule has 0 aliphatic rings. The molecule has 0 aromatic heterocycles. The quantitative estimate of drug-likeness (QED) is 0.652. The minimum absolute atomic E-state index is 0.0219. The average Bonchev–Trinajstić information content (AvgIpc) is 2.45. The normalized spacial score (nSPS) is 13.3. The molecule has 0 spiro atoms. The molecule has 0 unspecified atom stereocenters. The van der Waals surface area contributed by atoms with Gasteiger partial charge in [-0.1, -0.05) is 47.6 Å². The SMILES string of the molecule is C=NC(=O)N/C(=C/C(C)(CC)CC)C(C)(CC)CC. The minimum Gasteiger partial charge on any atom is -0.310 e. The van der Waals surface area contributed by atoms with E-state index in [1.54, 1.807) is 0 Å². The van der Waals surface area contributed by atoms with Crippen LogP contribution in [0.15, 0.2) is 16.8 Å². The molecular weight excluding hydrogens is 236 g/mol. The number of hydrogen-bond acceptors (Lipinski definition) is 1. The van der Waals surface area contributed by atoms with Crippen LogP contribution in [0.25, 0.3) is 0 Å². The van der Waals surface area contributed by atoms with E-state index in [1.807, 2.05) is 0 Å². The van der Waals surface area contributed by atoms with Crippen LogP contribution in [0.3, 0.4) is 0 Å². The molecule has 0 radical (unpaired) electrons. The lowest BCUT2D eigenvalue weighted by atomic mass is 9.75. The Morgan fingerprint density at radius 2 is 1.58 bits per heavy atom. The molecule has 0 saturated heterocycles. The molecular formula is C16H30N2O. The standard InChI is InChI=1S/C16H30N2O/c1-8-15(5,9-2)12-13(18-14(19)17-7)16(6,10-3)11-4/h12H,7-11H2,1-6H3,(H,18,19)/b13-12+. The molecule has 19 heavy (non-hydrogen) atoms. The topological polar surface area (TPSA) is 41.5 Å². The summed E-state index contributed by atoms with van der Waals surface area (Å²) >= 11 is 0. The van der Waals surface area contributed by atoms with E-state index in [0.29, 0.717) is 0 Å². The van der Waals surface area contributed by atoms with Gasteiger partial charge in [-0.05, 0) is 37.8 Å². The molecule has 0 rings (SSSR count). The zero-order valence-corrected chi connectivity index (χ0v) is 13.5. The van der Waals surface area contributed by atoms with Gasteiger partial charge in [0.05, 0.1) is 0 Å². The third-order valence-electron chi connectivity index (χ3n) is 4.70. The van der Waals surface area contributed by atoms with Crippen LogP contribution in [0, 0.1) is 10.8 Å². The first-order valence-corrected chi connectivity index (χ1v) is 7.31. The zero-order valence-electron chi connectivity index (χ0n) is 13.5. The molecule has 0 aliphatic heterocycles. The maximum atomic E-state index is 11.6. The number of carbonyl (C=O) groups is 1. The van der Waals surface area contributed by atoms with Crippen LogP contribution >= 0.6 is 0 Å². The van der Waals surface area contributed by atoms with Crippen molar-refractivity contribution in [2.45, 2.75) is 67.2 Å². The Labute approximate surface area is 118 Å². The summed E-state index contributed by atoms with van der Waals surface area (Å²) in [5.74, 6) is 0. The highest BCUT2D eigenvalue weighted by Gasteiger charge is 2.29. The van der Waals surface area contributed by atoms with E-state index < -0.39 is 0 Å². The number of nitrogens with zero attached hydrogens (tertiary/aromatic N) is 1. The fourth-order valence-electron chi connectivity index (χ4n) is 1.95. The summed E-state index contributed by atoms with van der Waals surface area (Å²) in [5, 5.41) is 2.93. The summed E-state index contributed by atoms with van der Waals surface area (Å²) in [6, 6.07) is -0.367. The second kappa shape index (κ2) is 7.46. The lowest BCUT2D eigenvalue weighted by molar-refractivity contribution is 0.245. The molecule has 0 atom stereocenters. The summed E-state index contributed by atoms with van der Waals surface area (Å²) in [4.78, 5) is 15.0. The molecule has 110 valence electrons. The third-order valence-corrected chi connectivity index (χ3v) is 4.70. The molecule has 0 fully saturated rings. The molecule has 1 N–H and O–H groups in total.